The summed E-state index contributed by atoms with van der Waals surface area (Å²) < 4.78 is 24.5. The molecule has 0 atom stereocenters. The lowest BCUT2D eigenvalue weighted by molar-refractivity contribution is 0.0976. The van der Waals surface area contributed by atoms with Crippen LogP contribution in [-0.4, -0.2) is 30.6 Å². The van der Waals surface area contributed by atoms with E-state index in [0.717, 1.165) is 23.3 Å². The normalized spacial score (nSPS) is 14.7. The van der Waals surface area contributed by atoms with Crippen LogP contribution in [0.25, 0.3) is 11.1 Å². The average molecular weight is 376 g/mol. The number of carbonyl (C=O) groups excluding carboxylic acids is 1. The molecule has 0 radical (unpaired) electrons. The molecule has 2 aromatic carbocycles. The zero-order chi connectivity index (χ0) is 19.1. The highest BCUT2D eigenvalue weighted by Crippen LogP contribution is 2.34. The van der Waals surface area contributed by atoms with E-state index in [4.69, 9.17) is 9.47 Å². The van der Waals surface area contributed by atoms with Crippen molar-refractivity contribution in [2.24, 2.45) is 0 Å². The smallest absolute Gasteiger partial charge is 0.260 e. The minimum atomic E-state index is -0.391. The van der Waals surface area contributed by atoms with Crippen molar-refractivity contribution in [2.45, 2.75) is 6.42 Å². The van der Waals surface area contributed by atoms with Crippen LogP contribution in [0.4, 0.5) is 10.1 Å². The van der Waals surface area contributed by atoms with Crippen LogP contribution >= 0.6 is 0 Å². The SMILES string of the molecule is O=C(c1cncc(-c2ccc3c(c2)CCO3)c1)N1CCOc2cc(F)ccc21. The Balaban J connectivity index is 1.48. The van der Waals surface area contributed by atoms with E-state index < -0.39 is 5.82 Å². The number of benzene rings is 2. The molecule has 5 nitrogen and oxygen atoms in total. The van der Waals surface area contributed by atoms with Crippen LogP contribution in [0.5, 0.6) is 11.5 Å². The van der Waals surface area contributed by atoms with Crippen molar-refractivity contribution in [3.63, 3.8) is 0 Å². The number of fused-ring (bicyclic) bond motifs is 2. The number of carbonyl (C=O) groups is 1. The van der Waals surface area contributed by atoms with Gasteiger partial charge in [0.2, 0.25) is 0 Å². The van der Waals surface area contributed by atoms with Gasteiger partial charge in [-0.25, -0.2) is 4.39 Å². The van der Waals surface area contributed by atoms with E-state index in [1.165, 1.54) is 17.7 Å². The Hall–Kier alpha value is -3.41. The van der Waals surface area contributed by atoms with Gasteiger partial charge in [-0.15, -0.1) is 0 Å². The highest BCUT2D eigenvalue weighted by molar-refractivity contribution is 6.07. The maximum Gasteiger partial charge on any atom is 0.260 e. The van der Waals surface area contributed by atoms with E-state index in [0.29, 0.717) is 36.8 Å². The summed E-state index contributed by atoms with van der Waals surface area (Å²) in [5.41, 5.74) is 4.08. The summed E-state index contributed by atoms with van der Waals surface area (Å²) in [6.45, 7) is 1.42. The summed E-state index contributed by atoms with van der Waals surface area (Å²) in [6, 6.07) is 12.1. The van der Waals surface area contributed by atoms with Gasteiger partial charge in [0.1, 0.15) is 23.9 Å². The van der Waals surface area contributed by atoms with Crippen LogP contribution in [0.3, 0.4) is 0 Å². The second-order valence-electron chi connectivity index (χ2n) is 6.80. The van der Waals surface area contributed by atoms with Gasteiger partial charge in [0.15, 0.2) is 0 Å². The Labute approximate surface area is 161 Å². The van der Waals surface area contributed by atoms with Crippen molar-refractivity contribution in [3.8, 4) is 22.6 Å². The Bertz CT molecular complexity index is 1080. The topological polar surface area (TPSA) is 51.7 Å². The van der Waals surface area contributed by atoms with E-state index in [2.05, 4.69) is 11.1 Å². The van der Waals surface area contributed by atoms with Crippen LogP contribution < -0.4 is 14.4 Å². The van der Waals surface area contributed by atoms with Gasteiger partial charge in [-0.2, -0.15) is 0 Å². The fraction of sp³-hybridized carbons (Fsp3) is 0.182. The molecule has 0 unspecified atom stereocenters. The van der Waals surface area contributed by atoms with E-state index in [1.807, 2.05) is 18.2 Å². The molecule has 2 aliphatic heterocycles. The van der Waals surface area contributed by atoms with Gasteiger partial charge in [-0.05, 0) is 41.5 Å². The van der Waals surface area contributed by atoms with E-state index in [9.17, 15) is 9.18 Å². The third-order valence-electron chi connectivity index (χ3n) is 5.04. The molecule has 0 fully saturated rings. The number of aromatic nitrogens is 1. The summed E-state index contributed by atoms with van der Waals surface area (Å²) in [4.78, 5) is 19.0. The fourth-order valence-electron chi connectivity index (χ4n) is 3.64. The van der Waals surface area contributed by atoms with Gasteiger partial charge < -0.3 is 14.4 Å². The molecule has 5 rings (SSSR count). The summed E-state index contributed by atoms with van der Waals surface area (Å²) in [7, 11) is 0. The molecule has 0 saturated carbocycles. The zero-order valence-corrected chi connectivity index (χ0v) is 15.0. The van der Waals surface area contributed by atoms with Gasteiger partial charge in [0.25, 0.3) is 5.91 Å². The number of nitrogens with zero attached hydrogens (tertiary/aromatic N) is 2. The molecule has 0 saturated heterocycles. The lowest BCUT2D eigenvalue weighted by Gasteiger charge is -2.29. The monoisotopic (exact) mass is 376 g/mol. The zero-order valence-electron chi connectivity index (χ0n) is 15.0. The maximum atomic E-state index is 13.5. The van der Waals surface area contributed by atoms with Crippen LogP contribution in [0.2, 0.25) is 0 Å². The van der Waals surface area contributed by atoms with Gasteiger partial charge in [0.05, 0.1) is 24.4 Å². The maximum absolute atomic E-state index is 13.5. The summed E-state index contributed by atoms with van der Waals surface area (Å²) in [5, 5.41) is 0. The lowest BCUT2D eigenvalue weighted by Crippen LogP contribution is -2.38. The molecule has 0 bridgehead atoms. The number of halogens is 1. The van der Waals surface area contributed by atoms with Gasteiger partial charge in [-0.3, -0.25) is 9.78 Å². The third-order valence-corrected chi connectivity index (χ3v) is 5.04. The minimum Gasteiger partial charge on any atom is -0.493 e. The quantitative estimate of drug-likeness (QED) is 0.682. The number of ether oxygens (including phenoxy) is 2. The van der Waals surface area contributed by atoms with Crippen molar-refractivity contribution in [2.75, 3.05) is 24.7 Å². The fourth-order valence-corrected chi connectivity index (χ4v) is 3.64. The number of hydrogen-bond acceptors (Lipinski definition) is 4. The van der Waals surface area contributed by atoms with Crippen molar-refractivity contribution in [1.29, 1.82) is 0 Å². The van der Waals surface area contributed by atoms with Crippen LogP contribution in [0.15, 0.2) is 54.9 Å². The summed E-state index contributed by atoms with van der Waals surface area (Å²) in [5.74, 6) is 0.718. The standard InChI is InChI=1S/C22H17FN2O3/c23-18-2-3-19-21(11-18)28-8-6-25(19)22(26)17-10-16(12-24-13-17)14-1-4-20-15(9-14)5-7-27-20/h1-4,9-13H,5-8H2. The second kappa shape index (κ2) is 6.64. The van der Waals surface area contributed by atoms with Gasteiger partial charge in [0, 0.05) is 30.4 Å². The second-order valence-corrected chi connectivity index (χ2v) is 6.80. The highest BCUT2D eigenvalue weighted by atomic mass is 19.1. The number of anilines is 1. The Kier molecular flexibility index (Phi) is 3.97. The first-order chi connectivity index (χ1) is 13.7. The average Bonchev–Trinajstić information content (AvgIpc) is 3.20. The van der Waals surface area contributed by atoms with E-state index >= 15 is 0 Å². The van der Waals surface area contributed by atoms with Gasteiger partial charge in [-0.1, -0.05) is 6.07 Å². The van der Waals surface area contributed by atoms with E-state index in [-0.39, 0.29) is 5.91 Å². The molecular formula is C22H17FN2O3. The largest absolute Gasteiger partial charge is 0.493 e. The number of hydrogen-bond donors (Lipinski definition) is 0. The van der Waals surface area contributed by atoms with Crippen molar-refractivity contribution in [1.82, 2.24) is 4.98 Å². The highest BCUT2D eigenvalue weighted by Gasteiger charge is 2.25. The molecule has 3 heterocycles. The molecule has 140 valence electrons. The molecular weight excluding hydrogens is 359 g/mol. The minimum absolute atomic E-state index is 0.185. The number of amides is 1. The first-order valence-corrected chi connectivity index (χ1v) is 9.14. The third kappa shape index (κ3) is 2.87. The van der Waals surface area contributed by atoms with Gasteiger partial charge >= 0.3 is 0 Å². The molecule has 28 heavy (non-hydrogen) atoms. The number of pyridine rings is 1. The summed E-state index contributed by atoms with van der Waals surface area (Å²) >= 11 is 0. The van der Waals surface area contributed by atoms with Crippen molar-refractivity contribution < 1.29 is 18.7 Å². The lowest BCUT2D eigenvalue weighted by atomic mass is 10.0. The molecule has 1 amide bonds. The Morgan fingerprint density at radius 1 is 0.964 bits per heavy atom. The van der Waals surface area contributed by atoms with E-state index in [1.54, 1.807) is 23.4 Å². The van der Waals surface area contributed by atoms with Crippen molar-refractivity contribution in [3.05, 3.63) is 71.8 Å². The summed E-state index contributed by atoms with van der Waals surface area (Å²) in [6.07, 6.45) is 4.19. The molecule has 0 aliphatic carbocycles. The molecule has 0 N–H and O–H groups in total. The molecule has 3 aromatic rings. The van der Waals surface area contributed by atoms with Crippen molar-refractivity contribution >= 4 is 11.6 Å². The van der Waals surface area contributed by atoms with Crippen LogP contribution in [0, 0.1) is 5.82 Å². The molecule has 6 heteroatoms. The van der Waals surface area contributed by atoms with Crippen LogP contribution in [0.1, 0.15) is 15.9 Å². The predicted octanol–water partition coefficient (Wildman–Crippen LogP) is 3.86. The first kappa shape index (κ1) is 16.7. The Morgan fingerprint density at radius 3 is 2.79 bits per heavy atom. The Morgan fingerprint density at radius 2 is 1.86 bits per heavy atom. The van der Waals surface area contributed by atoms with Crippen LogP contribution in [-0.2, 0) is 6.42 Å². The number of rotatable bonds is 2. The molecule has 2 aliphatic rings. The molecule has 1 aromatic heterocycles. The first-order valence-electron chi connectivity index (χ1n) is 9.14. The molecule has 0 spiro atoms. The predicted molar refractivity (Wildman–Crippen MR) is 102 cm³/mol.